The van der Waals surface area contributed by atoms with Crippen LogP contribution in [0.1, 0.15) is 0 Å². The highest BCUT2D eigenvalue weighted by molar-refractivity contribution is 8.76. The van der Waals surface area contributed by atoms with E-state index in [4.69, 9.17) is 18.3 Å². The molecule has 0 spiro atoms. The van der Waals surface area contributed by atoms with E-state index >= 15 is 0 Å². The molecule has 0 unspecified atom stereocenters. The Kier molecular flexibility index (Phi) is 9.19. The summed E-state index contributed by atoms with van der Waals surface area (Å²) in [5.74, 6) is -0.827. The van der Waals surface area contributed by atoms with Crippen LogP contribution in [0.5, 0.6) is 46.0 Å². The van der Waals surface area contributed by atoms with Crippen molar-refractivity contribution in [1.29, 1.82) is 0 Å². The third-order valence-electron chi connectivity index (χ3n) is 7.09. The van der Waals surface area contributed by atoms with Crippen molar-refractivity contribution in [2.75, 3.05) is 24.7 Å². The van der Waals surface area contributed by atoms with E-state index in [0.29, 0.717) is 17.1 Å². The summed E-state index contributed by atoms with van der Waals surface area (Å²) >= 11 is 0. The van der Waals surface area contributed by atoms with E-state index in [2.05, 4.69) is 0 Å². The molecule has 0 radical (unpaired) electrons. The second-order valence-corrected chi connectivity index (χ2v) is 13.0. The molecule has 0 amide bonds. The van der Waals surface area contributed by atoms with Crippen LogP contribution in [0.3, 0.4) is 0 Å². The molecule has 0 aliphatic rings. The van der Waals surface area contributed by atoms with Gasteiger partial charge in [0.1, 0.15) is 56.9 Å². The third kappa shape index (κ3) is 6.61. The van der Waals surface area contributed by atoms with Crippen LogP contribution >= 0.6 is 21.6 Å². The summed E-state index contributed by atoms with van der Waals surface area (Å²) in [6.07, 6.45) is 1.30. The standard InChI is InChI=1S/C34H26O12S2/c35-19-4-1-17(2-5-19)22-16-45-27-14-21(37)13-26(30(27)31(22)40)44-8-10-48-47-9-7-43-25-6-3-18(11-23(25)38)34-33(42)32(41)29-24(39)12-20(36)15-28(29)46-34/h1-6,11-16,35-39,42H,7-10H2. The summed E-state index contributed by atoms with van der Waals surface area (Å²) in [6.45, 7) is 0.456. The molecule has 14 heteroatoms. The average Bonchev–Trinajstić information content (AvgIpc) is 3.04. The summed E-state index contributed by atoms with van der Waals surface area (Å²) in [5, 5.41) is 60.3. The maximum absolute atomic E-state index is 13.3. The molecule has 0 atom stereocenters. The Labute approximate surface area is 278 Å². The van der Waals surface area contributed by atoms with Crippen LogP contribution in [0.2, 0.25) is 0 Å². The highest BCUT2D eigenvalue weighted by Gasteiger charge is 2.20. The molecular weight excluding hydrogens is 664 g/mol. The fourth-order valence-electron chi connectivity index (χ4n) is 4.90. The number of benzene rings is 4. The smallest absolute Gasteiger partial charge is 0.238 e. The Hall–Kier alpha value is -5.60. The molecular formula is C34H26O12S2. The van der Waals surface area contributed by atoms with Crippen molar-refractivity contribution in [1.82, 2.24) is 0 Å². The van der Waals surface area contributed by atoms with Crippen molar-refractivity contribution in [3.05, 3.63) is 93.4 Å². The molecule has 2 aromatic heterocycles. The van der Waals surface area contributed by atoms with E-state index in [9.17, 15) is 40.2 Å². The van der Waals surface area contributed by atoms with Crippen LogP contribution in [0, 0.1) is 0 Å². The van der Waals surface area contributed by atoms with Crippen LogP contribution in [0.25, 0.3) is 44.4 Å². The zero-order valence-corrected chi connectivity index (χ0v) is 26.3. The molecule has 6 N–H and O–H groups in total. The van der Waals surface area contributed by atoms with Crippen LogP contribution in [0.4, 0.5) is 0 Å². The van der Waals surface area contributed by atoms with E-state index in [-0.39, 0.29) is 92.0 Å². The molecule has 12 nitrogen and oxygen atoms in total. The Balaban J connectivity index is 1.02. The van der Waals surface area contributed by atoms with E-state index < -0.39 is 16.9 Å². The van der Waals surface area contributed by atoms with Gasteiger partial charge in [-0.05, 0) is 35.9 Å². The zero-order valence-electron chi connectivity index (χ0n) is 24.7. The van der Waals surface area contributed by atoms with Gasteiger partial charge in [0.15, 0.2) is 17.3 Å². The summed E-state index contributed by atoms with van der Waals surface area (Å²) in [4.78, 5) is 25.9. The molecule has 0 saturated carbocycles. The number of aromatic hydroxyl groups is 6. The minimum Gasteiger partial charge on any atom is -0.508 e. The van der Waals surface area contributed by atoms with Gasteiger partial charge < -0.3 is 48.9 Å². The summed E-state index contributed by atoms with van der Waals surface area (Å²) < 4.78 is 22.7. The van der Waals surface area contributed by atoms with Crippen LogP contribution < -0.4 is 20.3 Å². The monoisotopic (exact) mass is 690 g/mol. The van der Waals surface area contributed by atoms with Crippen molar-refractivity contribution in [3.8, 4) is 68.4 Å². The average molecular weight is 691 g/mol. The van der Waals surface area contributed by atoms with Crippen molar-refractivity contribution in [2.24, 2.45) is 0 Å². The molecule has 0 saturated heterocycles. The quantitative estimate of drug-likeness (QED) is 0.0653. The van der Waals surface area contributed by atoms with Gasteiger partial charge in [-0.1, -0.05) is 33.7 Å². The SMILES string of the molecule is O=c1c(O)c(-c2ccc(OCCSSCCOc3cc(O)cc4occ(-c5ccc(O)cc5)c(=O)c34)c(O)c2)oc2cc(O)cc(O)c12. The first-order valence-corrected chi connectivity index (χ1v) is 16.7. The second kappa shape index (κ2) is 13.6. The molecule has 2 heterocycles. The summed E-state index contributed by atoms with van der Waals surface area (Å²) in [7, 11) is 2.98. The summed E-state index contributed by atoms with van der Waals surface area (Å²) in [5.41, 5.74) is -0.210. The first-order chi connectivity index (χ1) is 23.1. The number of hydrogen-bond donors (Lipinski definition) is 6. The maximum atomic E-state index is 13.3. The van der Waals surface area contributed by atoms with E-state index in [0.717, 1.165) is 12.1 Å². The van der Waals surface area contributed by atoms with Crippen molar-refractivity contribution in [3.63, 3.8) is 0 Å². The van der Waals surface area contributed by atoms with Crippen LogP contribution in [-0.4, -0.2) is 55.4 Å². The first kappa shape index (κ1) is 32.3. The minimum atomic E-state index is -0.899. The molecule has 0 bridgehead atoms. The molecule has 0 fully saturated rings. The molecule has 48 heavy (non-hydrogen) atoms. The van der Waals surface area contributed by atoms with Gasteiger partial charge in [-0.2, -0.15) is 0 Å². The van der Waals surface area contributed by atoms with Gasteiger partial charge in [0.25, 0.3) is 0 Å². The van der Waals surface area contributed by atoms with Crippen molar-refractivity contribution in [2.45, 2.75) is 0 Å². The van der Waals surface area contributed by atoms with Gasteiger partial charge in [-0.3, -0.25) is 9.59 Å². The van der Waals surface area contributed by atoms with Crippen molar-refractivity contribution < 1.29 is 48.9 Å². The molecule has 6 aromatic rings. The number of phenolic OH excluding ortho intramolecular Hbond substituents is 5. The van der Waals surface area contributed by atoms with Gasteiger partial charge in [0.2, 0.25) is 16.6 Å². The lowest BCUT2D eigenvalue weighted by Crippen LogP contribution is -2.08. The highest BCUT2D eigenvalue weighted by Crippen LogP contribution is 2.38. The number of fused-ring (bicyclic) bond motifs is 2. The Morgan fingerprint density at radius 2 is 1.25 bits per heavy atom. The lowest BCUT2D eigenvalue weighted by molar-refractivity contribution is 0.321. The fourth-order valence-corrected chi connectivity index (χ4v) is 6.55. The highest BCUT2D eigenvalue weighted by atomic mass is 33.1. The normalized spacial score (nSPS) is 11.2. The van der Waals surface area contributed by atoms with Crippen LogP contribution in [-0.2, 0) is 0 Å². The number of rotatable bonds is 11. The Morgan fingerprint density at radius 3 is 1.96 bits per heavy atom. The third-order valence-corrected chi connectivity index (χ3v) is 9.43. The van der Waals surface area contributed by atoms with E-state index in [1.54, 1.807) is 12.1 Å². The molecule has 0 aliphatic carbocycles. The number of hydrogen-bond acceptors (Lipinski definition) is 14. The Morgan fingerprint density at radius 1 is 0.604 bits per heavy atom. The molecule has 0 aliphatic heterocycles. The lowest BCUT2D eigenvalue weighted by Gasteiger charge is -2.11. The maximum Gasteiger partial charge on any atom is 0.238 e. The summed E-state index contributed by atoms with van der Waals surface area (Å²) in [6, 6.07) is 15.1. The zero-order chi connectivity index (χ0) is 33.9. The van der Waals surface area contributed by atoms with Gasteiger partial charge in [-0.15, -0.1) is 0 Å². The molecule has 4 aromatic carbocycles. The predicted octanol–water partition coefficient (Wildman–Crippen LogP) is 6.31. The van der Waals surface area contributed by atoms with Gasteiger partial charge in [0.05, 0.1) is 18.8 Å². The second-order valence-electron chi connectivity index (χ2n) is 10.3. The Bertz CT molecular complexity index is 2260. The fraction of sp³-hybridized carbons (Fsp3) is 0.118. The van der Waals surface area contributed by atoms with Gasteiger partial charge >= 0.3 is 0 Å². The van der Waals surface area contributed by atoms with Gasteiger partial charge in [-0.25, -0.2) is 0 Å². The predicted molar refractivity (Wildman–Crippen MR) is 182 cm³/mol. The molecule has 246 valence electrons. The van der Waals surface area contributed by atoms with Gasteiger partial charge in [0, 0.05) is 41.3 Å². The minimum absolute atomic E-state index is 0.0657. The van der Waals surface area contributed by atoms with E-state index in [1.807, 2.05) is 0 Å². The lowest BCUT2D eigenvalue weighted by atomic mass is 10.0. The van der Waals surface area contributed by atoms with E-state index in [1.165, 1.54) is 70.3 Å². The number of ether oxygens (including phenoxy) is 2. The molecule has 6 rings (SSSR count). The largest absolute Gasteiger partial charge is 0.508 e. The first-order valence-electron chi connectivity index (χ1n) is 14.2. The van der Waals surface area contributed by atoms with Crippen molar-refractivity contribution >= 4 is 43.5 Å². The van der Waals surface area contributed by atoms with Crippen LogP contribution in [0.15, 0.2) is 91.4 Å². The number of phenols is 5. The topological polar surface area (TPSA) is 200 Å².